The van der Waals surface area contributed by atoms with Crippen LogP contribution in [0.15, 0.2) is 23.6 Å². The molecule has 0 bridgehead atoms. The smallest absolute Gasteiger partial charge is 0.307 e. The van der Waals surface area contributed by atoms with Crippen molar-refractivity contribution in [3.63, 3.8) is 0 Å². The summed E-state index contributed by atoms with van der Waals surface area (Å²) in [5.74, 6) is 0.165. The molecule has 0 radical (unpaired) electrons. The summed E-state index contributed by atoms with van der Waals surface area (Å²) in [5, 5.41) is 3.13. The Balaban J connectivity index is 1.88. The number of fused-ring (bicyclic) bond motifs is 1. The SMILES string of the molecule is CCCc1nc(-c2ccc3c(c2)N(CCC(=O)OCC)C(=O)C(C)O3)cs1. The van der Waals surface area contributed by atoms with E-state index >= 15 is 0 Å². The van der Waals surface area contributed by atoms with Gasteiger partial charge in [-0.1, -0.05) is 6.92 Å². The highest BCUT2D eigenvalue weighted by atomic mass is 32.1. The van der Waals surface area contributed by atoms with E-state index in [1.807, 2.05) is 23.6 Å². The van der Waals surface area contributed by atoms with Crippen LogP contribution in [0.25, 0.3) is 11.3 Å². The number of amides is 1. The molecule has 0 saturated carbocycles. The van der Waals surface area contributed by atoms with Gasteiger partial charge in [-0.15, -0.1) is 11.3 Å². The molecule has 1 aromatic carbocycles. The number of hydrogen-bond donors (Lipinski definition) is 0. The van der Waals surface area contributed by atoms with Crippen molar-refractivity contribution in [3.8, 4) is 17.0 Å². The van der Waals surface area contributed by atoms with Crippen LogP contribution in [-0.4, -0.2) is 36.1 Å². The lowest BCUT2D eigenvalue weighted by atomic mass is 10.1. The van der Waals surface area contributed by atoms with Crippen LogP contribution >= 0.6 is 11.3 Å². The van der Waals surface area contributed by atoms with Crippen molar-refractivity contribution >= 4 is 28.9 Å². The fourth-order valence-corrected chi connectivity index (χ4v) is 3.91. The van der Waals surface area contributed by atoms with E-state index in [-0.39, 0.29) is 24.8 Å². The fraction of sp³-hybridized carbons (Fsp3) is 0.450. The average molecular weight is 388 g/mol. The molecule has 0 N–H and O–H groups in total. The van der Waals surface area contributed by atoms with Crippen LogP contribution in [0.3, 0.4) is 0 Å². The highest BCUT2D eigenvalue weighted by Crippen LogP contribution is 2.38. The molecule has 1 aromatic heterocycles. The summed E-state index contributed by atoms with van der Waals surface area (Å²) in [5.41, 5.74) is 2.49. The first-order valence-corrected chi connectivity index (χ1v) is 10.1. The van der Waals surface area contributed by atoms with Crippen LogP contribution in [0.4, 0.5) is 5.69 Å². The molecule has 1 atom stereocenters. The standard InChI is InChI=1S/C20H24N2O4S/c1-4-6-18-21-15(12-27-18)14-7-8-17-16(11-14)22(20(24)13(3)26-17)10-9-19(23)25-5-2/h7-8,11-13H,4-6,9-10H2,1-3H3. The molecule has 144 valence electrons. The Bertz CT molecular complexity index is 833. The first-order chi connectivity index (χ1) is 13.0. The van der Waals surface area contributed by atoms with E-state index in [9.17, 15) is 9.59 Å². The van der Waals surface area contributed by atoms with E-state index < -0.39 is 6.10 Å². The van der Waals surface area contributed by atoms with Crippen molar-refractivity contribution in [2.75, 3.05) is 18.1 Å². The number of benzene rings is 1. The van der Waals surface area contributed by atoms with Gasteiger partial charge in [-0.05, 0) is 44.9 Å². The van der Waals surface area contributed by atoms with Crippen LogP contribution in [0, 0.1) is 0 Å². The topological polar surface area (TPSA) is 68.7 Å². The molecule has 6 nitrogen and oxygen atoms in total. The molecule has 1 unspecified atom stereocenters. The van der Waals surface area contributed by atoms with Gasteiger partial charge in [0.15, 0.2) is 6.10 Å². The number of rotatable bonds is 7. The quantitative estimate of drug-likeness (QED) is 0.674. The fourth-order valence-electron chi connectivity index (χ4n) is 3.01. The molecule has 0 aliphatic carbocycles. The van der Waals surface area contributed by atoms with Gasteiger partial charge in [0.1, 0.15) is 5.75 Å². The van der Waals surface area contributed by atoms with Gasteiger partial charge in [-0.2, -0.15) is 0 Å². The second kappa shape index (κ2) is 8.52. The molecule has 1 aliphatic rings. The summed E-state index contributed by atoms with van der Waals surface area (Å²) in [6, 6.07) is 5.73. The minimum absolute atomic E-state index is 0.146. The maximum absolute atomic E-state index is 12.6. The largest absolute Gasteiger partial charge is 0.479 e. The molecule has 0 fully saturated rings. The number of thiazole rings is 1. The van der Waals surface area contributed by atoms with E-state index in [1.54, 1.807) is 30.1 Å². The summed E-state index contributed by atoms with van der Waals surface area (Å²) < 4.78 is 10.7. The average Bonchev–Trinajstić information content (AvgIpc) is 3.11. The van der Waals surface area contributed by atoms with Crippen molar-refractivity contribution in [2.45, 2.75) is 46.1 Å². The van der Waals surface area contributed by atoms with Crippen molar-refractivity contribution in [1.29, 1.82) is 0 Å². The lowest BCUT2D eigenvalue weighted by Crippen LogP contribution is -2.45. The number of hydrogen-bond acceptors (Lipinski definition) is 6. The zero-order valence-electron chi connectivity index (χ0n) is 15.9. The number of ether oxygens (including phenoxy) is 2. The molecule has 0 saturated heterocycles. The summed E-state index contributed by atoms with van der Waals surface area (Å²) in [6.07, 6.45) is 1.58. The number of esters is 1. The first-order valence-electron chi connectivity index (χ1n) is 9.26. The second-order valence-corrected chi connectivity index (χ2v) is 7.31. The Hall–Kier alpha value is -2.41. The predicted octanol–water partition coefficient (Wildman–Crippen LogP) is 3.83. The lowest BCUT2D eigenvalue weighted by Gasteiger charge is -2.33. The van der Waals surface area contributed by atoms with Crippen LogP contribution in [0.1, 0.15) is 38.6 Å². The number of nitrogens with zero attached hydrogens (tertiary/aromatic N) is 2. The number of carbonyl (C=O) groups is 2. The van der Waals surface area contributed by atoms with Crippen LogP contribution < -0.4 is 9.64 Å². The Labute approximate surface area is 163 Å². The van der Waals surface area contributed by atoms with Crippen molar-refractivity contribution in [1.82, 2.24) is 4.98 Å². The highest BCUT2D eigenvalue weighted by Gasteiger charge is 2.32. The minimum Gasteiger partial charge on any atom is -0.479 e. The molecule has 1 aliphatic heterocycles. The normalized spacial score (nSPS) is 16.0. The van der Waals surface area contributed by atoms with Gasteiger partial charge in [-0.3, -0.25) is 9.59 Å². The Morgan fingerprint density at radius 1 is 1.37 bits per heavy atom. The van der Waals surface area contributed by atoms with E-state index in [2.05, 4.69) is 11.9 Å². The Morgan fingerprint density at radius 3 is 2.93 bits per heavy atom. The van der Waals surface area contributed by atoms with Gasteiger partial charge in [-0.25, -0.2) is 4.98 Å². The van der Waals surface area contributed by atoms with Gasteiger partial charge in [0, 0.05) is 17.5 Å². The third-order valence-corrected chi connectivity index (χ3v) is 5.23. The van der Waals surface area contributed by atoms with Crippen molar-refractivity contribution in [2.24, 2.45) is 0 Å². The Kier molecular flexibility index (Phi) is 6.11. The number of aromatic nitrogens is 1. The predicted molar refractivity (Wildman–Crippen MR) is 105 cm³/mol. The molecular formula is C20H24N2O4S. The molecule has 2 aromatic rings. The summed E-state index contributed by atoms with van der Waals surface area (Å²) >= 11 is 1.64. The summed E-state index contributed by atoms with van der Waals surface area (Å²) in [6.45, 7) is 6.21. The monoisotopic (exact) mass is 388 g/mol. The van der Waals surface area contributed by atoms with Gasteiger partial charge in [0.05, 0.1) is 29.4 Å². The maximum atomic E-state index is 12.6. The molecule has 0 spiro atoms. The van der Waals surface area contributed by atoms with Gasteiger partial charge >= 0.3 is 5.97 Å². The van der Waals surface area contributed by atoms with E-state index in [1.165, 1.54) is 0 Å². The number of carbonyl (C=O) groups excluding carboxylic acids is 2. The third kappa shape index (κ3) is 4.30. The summed E-state index contributed by atoms with van der Waals surface area (Å²) in [7, 11) is 0. The van der Waals surface area contributed by atoms with E-state index in [0.29, 0.717) is 18.0 Å². The maximum Gasteiger partial charge on any atom is 0.307 e. The second-order valence-electron chi connectivity index (χ2n) is 6.36. The zero-order chi connectivity index (χ0) is 19.4. The van der Waals surface area contributed by atoms with E-state index in [0.717, 1.165) is 29.1 Å². The van der Waals surface area contributed by atoms with Crippen molar-refractivity contribution < 1.29 is 19.1 Å². The molecule has 7 heteroatoms. The molecule has 1 amide bonds. The molecular weight excluding hydrogens is 364 g/mol. The Morgan fingerprint density at radius 2 is 2.19 bits per heavy atom. The van der Waals surface area contributed by atoms with Crippen molar-refractivity contribution in [3.05, 3.63) is 28.6 Å². The van der Waals surface area contributed by atoms with Gasteiger partial charge in [0.2, 0.25) is 0 Å². The van der Waals surface area contributed by atoms with Crippen LogP contribution in [-0.2, 0) is 20.7 Å². The summed E-state index contributed by atoms with van der Waals surface area (Å²) in [4.78, 5) is 30.7. The molecule has 3 rings (SSSR count). The van der Waals surface area contributed by atoms with Crippen LogP contribution in [0.2, 0.25) is 0 Å². The van der Waals surface area contributed by atoms with Crippen LogP contribution in [0.5, 0.6) is 5.75 Å². The van der Waals surface area contributed by atoms with Gasteiger partial charge in [0.25, 0.3) is 5.91 Å². The third-order valence-electron chi connectivity index (χ3n) is 4.32. The molecule has 27 heavy (non-hydrogen) atoms. The lowest BCUT2D eigenvalue weighted by molar-refractivity contribution is -0.142. The highest BCUT2D eigenvalue weighted by molar-refractivity contribution is 7.09. The zero-order valence-corrected chi connectivity index (χ0v) is 16.7. The molecule has 2 heterocycles. The number of aryl methyl sites for hydroxylation is 1. The van der Waals surface area contributed by atoms with Gasteiger partial charge < -0.3 is 14.4 Å². The number of anilines is 1. The minimum atomic E-state index is -0.582. The van der Waals surface area contributed by atoms with E-state index in [4.69, 9.17) is 9.47 Å². The first kappa shape index (κ1) is 19.4.